The maximum Gasteiger partial charge on any atom is 0.151 e. The van der Waals surface area contributed by atoms with Gasteiger partial charge in [0.2, 0.25) is 0 Å². The summed E-state index contributed by atoms with van der Waals surface area (Å²) in [5.74, 6) is 0.405. The van der Waals surface area contributed by atoms with Crippen LogP contribution in [-0.2, 0) is 14.6 Å². The van der Waals surface area contributed by atoms with Gasteiger partial charge in [-0.3, -0.25) is 0 Å². The van der Waals surface area contributed by atoms with Gasteiger partial charge in [0, 0.05) is 24.9 Å². The minimum Gasteiger partial charge on any atom is -0.377 e. The molecule has 0 saturated heterocycles. The summed E-state index contributed by atoms with van der Waals surface area (Å²) in [4.78, 5) is 0. The quantitative estimate of drug-likeness (QED) is 0.679. The Balaban J connectivity index is 3.80. The highest BCUT2D eigenvalue weighted by molar-refractivity contribution is 7.91. The standard InChI is InChI=1S/C10H23NO3S/c1-5-14-10(4)7-11-9(3)8-15(12,13)6-2/h9-11H,5-8H2,1-4H3. The van der Waals surface area contributed by atoms with Crippen LogP contribution in [0.4, 0.5) is 0 Å². The SMILES string of the molecule is CCOC(C)CNC(C)CS(=O)(=O)CC. The lowest BCUT2D eigenvalue weighted by atomic mass is 10.3. The van der Waals surface area contributed by atoms with Gasteiger partial charge in [-0.05, 0) is 20.8 Å². The van der Waals surface area contributed by atoms with Crippen LogP contribution in [0.25, 0.3) is 0 Å². The Hall–Kier alpha value is -0.130. The van der Waals surface area contributed by atoms with Gasteiger partial charge in [-0.15, -0.1) is 0 Å². The van der Waals surface area contributed by atoms with Crippen molar-refractivity contribution in [2.45, 2.75) is 39.8 Å². The average molecular weight is 237 g/mol. The highest BCUT2D eigenvalue weighted by Gasteiger charge is 2.13. The average Bonchev–Trinajstić information content (AvgIpc) is 2.15. The molecule has 2 unspecified atom stereocenters. The van der Waals surface area contributed by atoms with Crippen molar-refractivity contribution in [3.8, 4) is 0 Å². The fourth-order valence-corrected chi connectivity index (χ4v) is 2.38. The fourth-order valence-electron chi connectivity index (χ4n) is 1.27. The lowest BCUT2D eigenvalue weighted by Crippen LogP contribution is -2.38. The van der Waals surface area contributed by atoms with Gasteiger partial charge < -0.3 is 10.1 Å². The Labute approximate surface area is 93.3 Å². The van der Waals surface area contributed by atoms with Crippen LogP contribution in [0.2, 0.25) is 0 Å². The molecule has 0 spiro atoms. The molecule has 0 aliphatic carbocycles. The Morgan fingerprint density at radius 3 is 2.33 bits per heavy atom. The molecule has 0 amide bonds. The zero-order valence-corrected chi connectivity index (χ0v) is 10.9. The molecule has 5 heteroatoms. The minimum absolute atomic E-state index is 0.0159. The first-order valence-electron chi connectivity index (χ1n) is 5.46. The molecule has 2 atom stereocenters. The molecule has 15 heavy (non-hydrogen) atoms. The molecule has 0 heterocycles. The summed E-state index contributed by atoms with van der Waals surface area (Å²) in [6, 6.07) is -0.0159. The van der Waals surface area contributed by atoms with Gasteiger partial charge in [0.05, 0.1) is 11.9 Å². The summed E-state index contributed by atoms with van der Waals surface area (Å²) in [5.41, 5.74) is 0. The van der Waals surface area contributed by atoms with Crippen molar-refractivity contribution in [3.05, 3.63) is 0 Å². The summed E-state index contributed by atoms with van der Waals surface area (Å²) < 4.78 is 28.0. The molecule has 1 N–H and O–H groups in total. The summed E-state index contributed by atoms with van der Waals surface area (Å²) >= 11 is 0. The van der Waals surface area contributed by atoms with E-state index in [0.29, 0.717) is 13.2 Å². The second kappa shape index (κ2) is 7.19. The van der Waals surface area contributed by atoms with Crippen molar-refractivity contribution in [1.29, 1.82) is 0 Å². The van der Waals surface area contributed by atoms with Gasteiger partial charge in [0.1, 0.15) is 0 Å². The lowest BCUT2D eigenvalue weighted by Gasteiger charge is -2.17. The summed E-state index contributed by atoms with van der Waals surface area (Å²) in [6.07, 6.45) is 0.127. The van der Waals surface area contributed by atoms with Gasteiger partial charge in [-0.2, -0.15) is 0 Å². The predicted molar refractivity (Wildman–Crippen MR) is 62.9 cm³/mol. The third kappa shape index (κ3) is 7.76. The van der Waals surface area contributed by atoms with E-state index in [1.165, 1.54) is 0 Å². The van der Waals surface area contributed by atoms with E-state index < -0.39 is 9.84 Å². The molecule has 0 aliphatic rings. The van der Waals surface area contributed by atoms with Crippen molar-refractivity contribution in [2.24, 2.45) is 0 Å². The van der Waals surface area contributed by atoms with Gasteiger partial charge in [0.25, 0.3) is 0 Å². The number of hydrogen-bond donors (Lipinski definition) is 1. The van der Waals surface area contributed by atoms with Crippen LogP contribution in [0, 0.1) is 0 Å². The highest BCUT2D eigenvalue weighted by atomic mass is 32.2. The van der Waals surface area contributed by atoms with Gasteiger partial charge in [-0.1, -0.05) is 6.92 Å². The van der Waals surface area contributed by atoms with Crippen LogP contribution in [-0.4, -0.2) is 45.2 Å². The number of sulfone groups is 1. The highest BCUT2D eigenvalue weighted by Crippen LogP contribution is 1.95. The van der Waals surface area contributed by atoms with E-state index in [2.05, 4.69) is 5.32 Å². The van der Waals surface area contributed by atoms with Crippen molar-refractivity contribution in [3.63, 3.8) is 0 Å². The molecule has 0 rings (SSSR count). The van der Waals surface area contributed by atoms with Crippen LogP contribution in [0.5, 0.6) is 0 Å². The third-order valence-corrected chi connectivity index (χ3v) is 4.04. The zero-order chi connectivity index (χ0) is 11.9. The van der Waals surface area contributed by atoms with Gasteiger partial charge in [-0.25, -0.2) is 8.42 Å². The molecule has 0 aliphatic heterocycles. The van der Waals surface area contributed by atoms with Crippen molar-refractivity contribution >= 4 is 9.84 Å². The maximum absolute atomic E-state index is 11.3. The van der Waals surface area contributed by atoms with E-state index in [0.717, 1.165) is 0 Å². The molecule has 0 bridgehead atoms. The minimum atomic E-state index is -2.88. The monoisotopic (exact) mass is 237 g/mol. The predicted octanol–water partition coefficient (Wildman–Crippen LogP) is 0.824. The number of hydrogen-bond acceptors (Lipinski definition) is 4. The lowest BCUT2D eigenvalue weighted by molar-refractivity contribution is 0.0748. The summed E-state index contributed by atoms with van der Waals surface area (Å²) in [5, 5.41) is 3.15. The second-order valence-corrected chi connectivity index (χ2v) is 6.17. The van der Waals surface area contributed by atoms with Crippen LogP contribution in [0.15, 0.2) is 0 Å². The van der Waals surface area contributed by atoms with Crippen molar-refractivity contribution in [1.82, 2.24) is 5.32 Å². The van der Waals surface area contributed by atoms with E-state index in [1.54, 1.807) is 6.92 Å². The Bertz CT molecular complexity index is 251. The molecule has 0 saturated carbocycles. The van der Waals surface area contributed by atoms with E-state index in [-0.39, 0.29) is 23.7 Å². The number of nitrogens with one attached hydrogen (secondary N) is 1. The zero-order valence-electron chi connectivity index (χ0n) is 10.1. The fraction of sp³-hybridized carbons (Fsp3) is 1.00. The molecule has 0 radical (unpaired) electrons. The normalized spacial score (nSPS) is 16.3. The van der Waals surface area contributed by atoms with E-state index in [9.17, 15) is 8.42 Å². The maximum atomic E-state index is 11.3. The third-order valence-electron chi connectivity index (χ3n) is 2.15. The van der Waals surface area contributed by atoms with Gasteiger partial charge in [0.15, 0.2) is 9.84 Å². The van der Waals surface area contributed by atoms with E-state index in [1.807, 2.05) is 20.8 Å². The summed E-state index contributed by atoms with van der Waals surface area (Å²) in [6.45, 7) is 8.84. The first kappa shape index (κ1) is 14.9. The molecular weight excluding hydrogens is 214 g/mol. The Morgan fingerprint density at radius 2 is 1.87 bits per heavy atom. The Morgan fingerprint density at radius 1 is 1.27 bits per heavy atom. The van der Waals surface area contributed by atoms with Crippen LogP contribution >= 0.6 is 0 Å². The van der Waals surface area contributed by atoms with Gasteiger partial charge >= 0.3 is 0 Å². The molecule has 0 fully saturated rings. The van der Waals surface area contributed by atoms with Crippen LogP contribution in [0.1, 0.15) is 27.7 Å². The molecule has 4 nitrogen and oxygen atoms in total. The molecular formula is C10H23NO3S. The molecule has 0 aromatic rings. The summed E-state index contributed by atoms with van der Waals surface area (Å²) in [7, 11) is -2.88. The first-order chi connectivity index (χ1) is 6.91. The van der Waals surface area contributed by atoms with E-state index >= 15 is 0 Å². The number of ether oxygens (including phenoxy) is 1. The smallest absolute Gasteiger partial charge is 0.151 e. The van der Waals surface area contributed by atoms with Crippen molar-refractivity contribution < 1.29 is 13.2 Å². The van der Waals surface area contributed by atoms with E-state index in [4.69, 9.17) is 4.74 Å². The first-order valence-corrected chi connectivity index (χ1v) is 7.28. The molecule has 0 aromatic heterocycles. The van der Waals surface area contributed by atoms with Crippen LogP contribution < -0.4 is 5.32 Å². The van der Waals surface area contributed by atoms with Crippen molar-refractivity contribution in [2.75, 3.05) is 24.7 Å². The Kier molecular flexibility index (Phi) is 7.13. The topological polar surface area (TPSA) is 55.4 Å². The molecule has 92 valence electrons. The second-order valence-electron chi connectivity index (χ2n) is 3.77. The largest absolute Gasteiger partial charge is 0.377 e. The molecule has 0 aromatic carbocycles. The number of rotatable bonds is 8. The van der Waals surface area contributed by atoms with Crippen LogP contribution in [0.3, 0.4) is 0 Å².